The van der Waals surface area contributed by atoms with Gasteiger partial charge >= 0.3 is 17.4 Å². The van der Waals surface area contributed by atoms with Crippen molar-refractivity contribution in [2.45, 2.75) is 58.7 Å². The van der Waals surface area contributed by atoms with E-state index < -0.39 is 17.4 Å². The number of carbonyl (C=O) groups excluding carboxylic acids is 3. The molecule has 0 atom stereocenters. The molecule has 29 heavy (non-hydrogen) atoms. The SMILES string of the molecule is C#CCCCC(=O)OCc1cnc(C)c(OC(=O)Cl)c1COC(=O)CCCC#C. The van der Waals surface area contributed by atoms with Gasteiger partial charge in [0, 0.05) is 54.6 Å². The minimum absolute atomic E-state index is 0.0577. The first-order valence-corrected chi connectivity index (χ1v) is 9.29. The number of esters is 2. The fraction of sp³-hybridized carbons (Fsp3) is 0.429. The molecule has 0 aliphatic heterocycles. The zero-order valence-corrected chi connectivity index (χ0v) is 16.9. The summed E-state index contributed by atoms with van der Waals surface area (Å²) in [5.74, 6) is 4.05. The molecule has 0 saturated heterocycles. The van der Waals surface area contributed by atoms with E-state index >= 15 is 0 Å². The van der Waals surface area contributed by atoms with E-state index in [4.69, 9.17) is 38.7 Å². The number of carbonyl (C=O) groups is 3. The summed E-state index contributed by atoms with van der Waals surface area (Å²) in [7, 11) is 0. The zero-order valence-electron chi connectivity index (χ0n) is 16.2. The Kier molecular flexibility index (Phi) is 10.9. The van der Waals surface area contributed by atoms with Crippen molar-refractivity contribution in [2.24, 2.45) is 0 Å². The van der Waals surface area contributed by atoms with Gasteiger partial charge in [-0.15, -0.1) is 24.7 Å². The van der Waals surface area contributed by atoms with Gasteiger partial charge in [0.15, 0.2) is 5.75 Å². The number of rotatable bonds is 11. The van der Waals surface area contributed by atoms with Crippen LogP contribution in [0.15, 0.2) is 6.20 Å². The molecule has 7 nitrogen and oxygen atoms in total. The summed E-state index contributed by atoms with van der Waals surface area (Å²) >= 11 is 5.34. The molecule has 1 heterocycles. The molecule has 154 valence electrons. The number of hydrogen-bond acceptors (Lipinski definition) is 7. The van der Waals surface area contributed by atoms with Crippen molar-refractivity contribution < 1.29 is 28.6 Å². The lowest BCUT2D eigenvalue weighted by atomic mass is 10.1. The standard InChI is InChI=1S/C21H22ClNO6/c1-4-6-8-10-18(24)27-13-16-12-23-15(3)20(29-21(22)26)17(16)14-28-19(25)11-9-7-5-2/h1-2,12H,6-11,13-14H2,3H3. The van der Waals surface area contributed by atoms with Crippen molar-refractivity contribution >= 4 is 29.0 Å². The predicted molar refractivity (Wildman–Crippen MR) is 106 cm³/mol. The quantitative estimate of drug-likeness (QED) is 0.233. The number of aromatic nitrogens is 1. The lowest BCUT2D eigenvalue weighted by molar-refractivity contribution is -0.146. The van der Waals surface area contributed by atoms with Gasteiger partial charge in [0.05, 0.1) is 5.69 Å². The summed E-state index contributed by atoms with van der Waals surface area (Å²) < 4.78 is 15.5. The van der Waals surface area contributed by atoms with Crippen LogP contribution in [0.4, 0.5) is 4.79 Å². The Hall–Kier alpha value is -3.03. The van der Waals surface area contributed by atoms with Gasteiger partial charge in [-0.3, -0.25) is 14.6 Å². The molecule has 8 heteroatoms. The van der Waals surface area contributed by atoms with Gasteiger partial charge in [-0.2, -0.15) is 0 Å². The molecule has 0 aliphatic carbocycles. The molecule has 1 rings (SSSR count). The minimum Gasteiger partial charge on any atom is -0.461 e. The molecule has 0 aliphatic rings. The Morgan fingerprint density at radius 1 is 1.03 bits per heavy atom. The average molecular weight is 420 g/mol. The van der Waals surface area contributed by atoms with Crippen LogP contribution in [0.1, 0.15) is 55.3 Å². The number of halogens is 1. The van der Waals surface area contributed by atoms with E-state index in [0.29, 0.717) is 42.5 Å². The maximum absolute atomic E-state index is 11.9. The van der Waals surface area contributed by atoms with E-state index in [1.54, 1.807) is 6.92 Å². The minimum atomic E-state index is -1.07. The zero-order chi connectivity index (χ0) is 21.6. The average Bonchev–Trinajstić information content (AvgIpc) is 2.67. The molecule has 0 unspecified atom stereocenters. The number of pyridine rings is 1. The van der Waals surface area contributed by atoms with Crippen LogP contribution in [0.2, 0.25) is 0 Å². The van der Waals surface area contributed by atoms with E-state index in [1.165, 1.54) is 6.20 Å². The summed E-state index contributed by atoms with van der Waals surface area (Å²) in [6.07, 6.45) is 14.0. The van der Waals surface area contributed by atoms with Gasteiger partial charge < -0.3 is 14.2 Å². The second kappa shape index (κ2) is 13.2. The van der Waals surface area contributed by atoms with Gasteiger partial charge in [0.1, 0.15) is 13.2 Å². The monoisotopic (exact) mass is 419 g/mol. The molecule has 0 spiro atoms. The summed E-state index contributed by atoms with van der Waals surface area (Å²) in [4.78, 5) is 39.1. The van der Waals surface area contributed by atoms with E-state index in [-0.39, 0.29) is 31.8 Å². The molecule has 0 fully saturated rings. The molecular weight excluding hydrogens is 398 g/mol. The van der Waals surface area contributed by atoms with Crippen LogP contribution in [0.5, 0.6) is 5.75 Å². The fourth-order valence-electron chi connectivity index (χ4n) is 2.30. The first kappa shape index (κ1) is 24.0. The third kappa shape index (κ3) is 9.14. The Bertz CT molecular complexity index is 822. The second-order valence-electron chi connectivity index (χ2n) is 5.95. The van der Waals surface area contributed by atoms with E-state index in [2.05, 4.69) is 16.8 Å². The number of hydrogen-bond donors (Lipinski definition) is 0. The Morgan fingerprint density at radius 2 is 1.59 bits per heavy atom. The largest absolute Gasteiger partial charge is 0.461 e. The van der Waals surface area contributed by atoms with E-state index in [1.807, 2.05) is 0 Å². The molecular formula is C21H22ClNO6. The first-order chi connectivity index (χ1) is 13.9. The normalized spacial score (nSPS) is 9.79. The third-order valence-electron chi connectivity index (χ3n) is 3.76. The summed E-state index contributed by atoms with van der Waals surface area (Å²) in [5.41, 5.74) is 0.0554. The van der Waals surface area contributed by atoms with Gasteiger partial charge in [0.2, 0.25) is 0 Å². The smallest absolute Gasteiger partial charge is 0.409 e. The van der Waals surface area contributed by atoms with Crippen LogP contribution in [0.25, 0.3) is 0 Å². The summed E-state index contributed by atoms with van der Waals surface area (Å²) in [6.45, 7) is 1.25. The highest BCUT2D eigenvalue weighted by molar-refractivity contribution is 6.61. The molecule has 0 bridgehead atoms. The van der Waals surface area contributed by atoms with Crippen molar-refractivity contribution in [3.63, 3.8) is 0 Å². The lowest BCUT2D eigenvalue weighted by Crippen LogP contribution is -2.13. The molecule has 0 radical (unpaired) electrons. The first-order valence-electron chi connectivity index (χ1n) is 8.91. The summed E-state index contributed by atoms with van der Waals surface area (Å²) in [6, 6.07) is 0. The van der Waals surface area contributed by atoms with Crippen LogP contribution >= 0.6 is 11.6 Å². The maximum atomic E-state index is 11.9. The third-order valence-corrected chi connectivity index (χ3v) is 3.83. The van der Waals surface area contributed by atoms with Crippen LogP contribution in [0.3, 0.4) is 0 Å². The number of nitrogens with zero attached hydrogens (tertiary/aromatic N) is 1. The molecule has 0 saturated carbocycles. The van der Waals surface area contributed by atoms with Crippen molar-refractivity contribution in [1.82, 2.24) is 4.98 Å². The van der Waals surface area contributed by atoms with Crippen LogP contribution < -0.4 is 4.74 Å². The van der Waals surface area contributed by atoms with Gasteiger partial charge in [0.25, 0.3) is 0 Å². The van der Waals surface area contributed by atoms with Crippen molar-refractivity contribution in [2.75, 3.05) is 0 Å². The van der Waals surface area contributed by atoms with E-state index in [9.17, 15) is 14.4 Å². The number of unbranched alkanes of at least 4 members (excludes halogenated alkanes) is 2. The number of ether oxygens (including phenoxy) is 3. The Morgan fingerprint density at radius 3 is 2.10 bits per heavy atom. The second-order valence-corrected chi connectivity index (χ2v) is 6.26. The predicted octanol–water partition coefficient (Wildman–Crippen LogP) is 3.82. The fourth-order valence-corrected chi connectivity index (χ4v) is 2.38. The topological polar surface area (TPSA) is 91.8 Å². The highest BCUT2D eigenvalue weighted by atomic mass is 35.5. The van der Waals surface area contributed by atoms with Crippen LogP contribution in [-0.2, 0) is 32.3 Å². The van der Waals surface area contributed by atoms with E-state index in [0.717, 1.165) is 0 Å². The van der Waals surface area contributed by atoms with Gasteiger partial charge in [-0.1, -0.05) is 0 Å². The highest BCUT2D eigenvalue weighted by Crippen LogP contribution is 2.28. The number of terminal acetylenes is 2. The Labute approximate surface area is 175 Å². The maximum Gasteiger partial charge on any atom is 0.409 e. The molecule has 0 amide bonds. The Balaban J connectivity index is 2.92. The van der Waals surface area contributed by atoms with Crippen LogP contribution in [-0.4, -0.2) is 22.4 Å². The molecule has 0 N–H and O–H groups in total. The molecule has 1 aromatic heterocycles. The summed E-state index contributed by atoms with van der Waals surface area (Å²) in [5, 5.41) is 0. The van der Waals surface area contributed by atoms with Crippen molar-refractivity contribution in [3.8, 4) is 30.4 Å². The number of aryl methyl sites for hydroxylation is 1. The van der Waals surface area contributed by atoms with Gasteiger partial charge in [-0.25, -0.2) is 4.79 Å². The van der Waals surface area contributed by atoms with Crippen LogP contribution in [0, 0.1) is 31.6 Å². The molecule has 1 aromatic rings. The van der Waals surface area contributed by atoms with Gasteiger partial charge in [-0.05, 0) is 19.8 Å². The van der Waals surface area contributed by atoms with Crippen molar-refractivity contribution in [3.05, 3.63) is 23.0 Å². The van der Waals surface area contributed by atoms with Crippen molar-refractivity contribution in [1.29, 1.82) is 0 Å². The highest BCUT2D eigenvalue weighted by Gasteiger charge is 2.19. The lowest BCUT2D eigenvalue weighted by Gasteiger charge is -2.16. The molecule has 0 aromatic carbocycles.